The van der Waals surface area contributed by atoms with Gasteiger partial charge in [0.25, 0.3) is 0 Å². The molecule has 0 amide bonds. The second-order valence-electron chi connectivity index (χ2n) is 2.62. The third kappa shape index (κ3) is 3.99. The minimum Gasteiger partial charge on any atom is -0.303 e. The van der Waals surface area contributed by atoms with Crippen LogP contribution in [0.15, 0.2) is 25.3 Å². The van der Waals surface area contributed by atoms with Gasteiger partial charge in [-0.15, -0.1) is 13.2 Å². The zero-order chi connectivity index (χ0) is 8.69. The van der Waals surface area contributed by atoms with Crippen LogP contribution in [0.1, 0.15) is 13.8 Å². The highest BCUT2D eigenvalue weighted by Crippen LogP contribution is 2.02. The van der Waals surface area contributed by atoms with Crippen molar-refractivity contribution in [3.05, 3.63) is 25.3 Å². The molecule has 0 heterocycles. The van der Waals surface area contributed by atoms with Crippen LogP contribution in [0.4, 0.5) is 0 Å². The quantitative estimate of drug-likeness (QED) is 0.529. The molecule has 0 aliphatic rings. The lowest BCUT2D eigenvalue weighted by Crippen LogP contribution is -2.27. The van der Waals surface area contributed by atoms with Gasteiger partial charge in [0, 0.05) is 12.5 Å². The van der Waals surface area contributed by atoms with Crippen molar-refractivity contribution >= 4 is 0 Å². The molecule has 0 aromatic carbocycles. The Morgan fingerprint density at radius 1 is 1.18 bits per heavy atom. The van der Waals surface area contributed by atoms with E-state index < -0.39 is 0 Å². The molecule has 0 atom stereocenters. The molecule has 1 heteroatoms. The summed E-state index contributed by atoms with van der Waals surface area (Å²) >= 11 is 0. The van der Waals surface area contributed by atoms with Gasteiger partial charge < -0.3 is 4.90 Å². The van der Waals surface area contributed by atoms with Crippen LogP contribution in [-0.2, 0) is 0 Å². The molecule has 0 rings (SSSR count). The number of nitrogens with zero attached hydrogens (tertiary/aromatic N) is 1. The van der Waals surface area contributed by atoms with E-state index in [1.54, 1.807) is 0 Å². The van der Waals surface area contributed by atoms with Crippen molar-refractivity contribution in [3.8, 4) is 0 Å². The lowest BCUT2D eigenvalue weighted by molar-refractivity contribution is 0.289. The Kier molecular flexibility index (Phi) is 5.86. The van der Waals surface area contributed by atoms with Crippen LogP contribution in [-0.4, -0.2) is 24.5 Å². The van der Waals surface area contributed by atoms with E-state index >= 15 is 0 Å². The van der Waals surface area contributed by atoms with Crippen molar-refractivity contribution < 1.29 is 0 Å². The zero-order valence-electron chi connectivity index (χ0n) is 7.71. The highest BCUT2D eigenvalue weighted by atomic mass is 15.1. The van der Waals surface area contributed by atoms with Crippen LogP contribution in [0.5, 0.6) is 0 Å². The summed E-state index contributed by atoms with van der Waals surface area (Å²) in [4.78, 5) is 2.37. The summed E-state index contributed by atoms with van der Waals surface area (Å²) in [6.07, 6.45) is 3.90. The van der Waals surface area contributed by atoms with Crippen LogP contribution < -0.4 is 0 Å². The van der Waals surface area contributed by atoms with Crippen molar-refractivity contribution in [2.45, 2.75) is 13.8 Å². The second kappa shape index (κ2) is 6.17. The molecule has 0 N–H and O–H groups in total. The zero-order valence-corrected chi connectivity index (χ0v) is 7.71. The van der Waals surface area contributed by atoms with Gasteiger partial charge in [0.15, 0.2) is 0 Å². The fraction of sp³-hybridized carbons (Fsp3) is 0.600. The largest absolute Gasteiger partial charge is 0.303 e. The first-order valence-corrected chi connectivity index (χ1v) is 4.25. The Hall–Kier alpha value is -0.560. The molecule has 0 aliphatic heterocycles. The normalized spacial score (nSPS) is 10.5. The molecule has 11 heavy (non-hydrogen) atoms. The van der Waals surface area contributed by atoms with Gasteiger partial charge in [-0.2, -0.15) is 0 Å². The number of rotatable bonds is 6. The summed E-state index contributed by atoms with van der Waals surface area (Å²) in [6, 6.07) is 0. The summed E-state index contributed by atoms with van der Waals surface area (Å²) < 4.78 is 0. The molecule has 0 bridgehead atoms. The van der Waals surface area contributed by atoms with Gasteiger partial charge in [-0.3, -0.25) is 0 Å². The lowest BCUT2D eigenvalue weighted by Gasteiger charge is -2.20. The summed E-state index contributed by atoms with van der Waals surface area (Å²) in [5, 5.41) is 0. The van der Waals surface area contributed by atoms with Gasteiger partial charge in [-0.1, -0.05) is 26.0 Å². The number of hydrogen-bond donors (Lipinski definition) is 0. The van der Waals surface area contributed by atoms with E-state index in [4.69, 9.17) is 0 Å². The minimum absolute atomic E-state index is 0.440. The second-order valence-corrected chi connectivity index (χ2v) is 2.62. The molecule has 0 saturated carbocycles. The van der Waals surface area contributed by atoms with E-state index in [0.29, 0.717) is 5.92 Å². The predicted molar refractivity (Wildman–Crippen MR) is 51.7 cm³/mol. The molecule has 64 valence electrons. The van der Waals surface area contributed by atoms with E-state index in [1.165, 1.54) is 0 Å². The molecule has 0 spiro atoms. The molecule has 0 aliphatic carbocycles. The van der Waals surface area contributed by atoms with Gasteiger partial charge in [0.1, 0.15) is 0 Å². The van der Waals surface area contributed by atoms with E-state index in [1.807, 2.05) is 12.2 Å². The Labute approximate surface area is 70.4 Å². The van der Waals surface area contributed by atoms with Crippen molar-refractivity contribution in [3.63, 3.8) is 0 Å². The Morgan fingerprint density at radius 3 is 1.91 bits per heavy atom. The van der Waals surface area contributed by atoms with E-state index in [-0.39, 0.29) is 0 Å². The molecule has 0 aromatic rings. The van der Waals surface area contributed by atoms with Gasteiger partial charge in [0.05, 0.1) is 0 Å². The third-order valence-corrected chi connectivity index (χ3v) is 1.97. The van der Waals surface area contributed by atoms with Crippen molar-refractivity contribution in [1.82, 2.24) is 4.90 Å². The summed E-state index contributed by atoms with van der Waals surface area (Å²) in [5.74, 6) is 0.440. The Bertz CT molecular complexity index is 106. The molecule has 0 unspecified atom stereocenters. The van der Waals surface area contributed by atoms with E-state index in [2.05, 4.69) is 31.9 Å². The molecule has 0 aromatic heterocycles. The maximum Gasteiger partial charge on any atom is 0.00787 e. The molecule has 1 nitrogen and oxygen atoms in total. The van der Waals surface area contributed by atoms with Crippen molar-refractivity contribution in [2.24, 2.45) is 5.92 Å². The summed E-state index contributed by atoms with van der Waals surface area (Å²) in [5.41, 5.74) is 0. The van der Waals surface area contributed by atoms with Gasteiger partial charge in [-0.05, 0) is 13.1 Å². The van der Waals surface area contributed by atoms with Gasteiger partial charge in [-0.25, -0.2) is 0 Å². The van der Waals surface area contributed by atoms with Crippen LogP contribution >= 0.6 is 0 Å². The van der Waals surface area contributed by atoms with Crippen molar-refractivity contribution in [2.75, 3.05) is 19.6 Å². The summed E-state index contributed by atoms with van der Waals surface area (Å²) in [6.45, 7) is 15.1. The van der Waals surface area contributed by atoms with Crippen molar-refractivity contribution in [1.29, 1.82) is 0 Å². The predicted octanol–water partition coefficient (Wildman–Crippen LogP) is 2.32. The average Bonchev–Trinajstić information content (AvgIpc) is 2.07. The van der Waals surface area contributed by atoms with Gasteiger partial charge >= 0.3 is 0 Å². The molecular formula is C10H19N. The highest BCUT2D eigenvalue weighted by molar-refractivity contribution is 4.93. The molecule has 0 fully saturated rings. The maximum atomic E-state index is 3.76. The standard InChI is InChI=1S/C10H19N/c1-5-10(6-2)9-11(7-3)8-4/h5-6,10H,1-2,7-9H2,3-4H3. The summed E-state index contributed by atoms with van der Waals surface area (Å²) in [7, 11) is 0. The van der Waals surface area contributed by atoms with E-state index in [9.17, 15) is 0 Å². The SMILES string of the molecule is C=CC(C=C)CN(CC)CC. The van der Waals surface area contributed by atoms with E-state index in [0.717, 1.165) is 19.6 Å². The Balaban J connectivity index is 3.76. The van der Waals surface area contributed by atoms with Gasteiger partial charge in [0.2, 0.25) is 0 Å². The smallest absolute Gasteiger partial charge is 0.00787 e. The average molecular weight is 153 g/mol. The first-order valence-electron chi connectivity index (χ1n) is 4.25. The first kappa shape index (κ1) is 10.4. The lowest BCUT2D eigenvalue weighted by atomic mass is 10.1. The first-order chi connectivity index (χ1) is 5.28. The maximum absolute atomic E-state index is 3.76. The van der Waals surface area contributed by atoms with Crippen LogP contribution in [0.3, 0.4) is 0 Å². The molecule has 0 saturated heterocycles. The molecular weight excluding hydrogens is 134 g/mol. The monoisotopic (exact) mass is 153 g/mol. The fourth-order valence-electron chi connectivity index (χ4n) is 1.03. The molecule has 0 radical (unpaired) electrons. The Morgan fingerprint density at radius 2 is 1.64 bits per heavy atom. The minimum atomic E-state index is 0.440. The highest BCUT2D eigenvalue weighted by Gasteiger charge is 2.03. The number of hydrogen-bond acceptors (Lipinski definition) is 1. The van der Waals surface area contributed by atoms with Crippen LogP contribution in [0, 0.1) is 5.92 Å². The third-order valence-electron chi connectivity index (χ3n) is 1.97. The van der Waals surface area contributed by atoms with Crippen LogP contribution in [0.25, 0.3) is 0 Å². The van der Waals surface area contributed by atoms with Crippen LogP contribution in [0.2, 0.25) is 0 Å². The fourth-order valence-corrected chi connectivity index (χ4v) is 1.03. The topological polar surface area (TPSA) is 3.24 Å².